The molecule has 0 amide bonds. The van der Waals surface area contributed by atoms with Crippen LogP contribution >= 0.6 is 0 Å². The number of hydrogen-bond acceptors (Lipinski definition) is 4. The van der Waals surface area contributed by atoms with Gasteiger partial charge in [-0.15, -0.1) is 0 Å². The smallest absolute Gasteiger partial charge is 0.123 e. The van der Waals surface area contributed by atoms with Crippen LogP contribution < -0.4 is 4.74 Å². The summed E-state index contributed by atoms with van der Waals surface area (Å²) in [6.45, 7) is 5.28. The molecular formula is C25H31FN2O3. The van der Waals surface area contributed by atoms with Crippen molar-refractivity contribution in [1.82, 2.24) is 9.47 Å². The summed E-state index contributed by atoms with van der Waals surface area (Å²) >= 11 is 0. The molecule has 0 fully saturated rings. The van der Waals surface area contributed by atoms with E-state index in [-0.39, 0.29) is 12.4 Å². The van der Waals surface area contributed by atoms with Crippen LogP contribution in [0.4, 0.5) is 4.39 Å². The van der Waals surface area contributed by atoms with E-state index in [2.05, 4.69) is 15.5 Å². The molecule has 0 spiro atoms. The quantitative estimate of drug-likeness (QED) is 0.478. The SMILES string of the molecule is COCCN(Cc1cccn1Cc1ccc(F)cc1)CC(O)COc1ccccc1C. The topological polar surface area (TPSA) is 46.9 Å². The van der Waals surface area contributed by atoms with Crippen molar-refractivity contribution in [3.63, 3.8) is 0 Å². The Morgan fingerprint density at radius 2 is 1.84 bits per heavy atom. The first-order valence-electron chi connectivity index (χ1n) is 10.5. The Bertz CT molecular complexity index is 927. The Morgan fingerprint density at radius 1 is 1.06 bits per heavy atom. The standard InChI is InChI=1S/C25H31FN2O3/c1-20-6-3-4-8-25(20)31-19-24(29)18-27(14-15-30-2)17-23-7-5-13-28(23)16-21-9-11-22(26)12-10-21/h3-13,24,29H,14-19H2,1-2H3. The van der Waals surface area contributed by atoms with E-state index in [1.807, 2.05) is 43.5 Å². The van der Waals surface area contributed by atoms with Gasteiger partial charge in [0, 0.05) is 45.2 Å². The molecule has 0 saturated heterocycles. The Labute approximate surface area is 183 Å². The van der Waals surface area contributed by atoms with Crippen LogP contribution in [0.2, 0.25) is 0 Å². The molecule has 1 aromatic heterocycles. The lowest BCUT2D eigenvalue weighted by atomic mass is 10.2. The van der Waals surface area contributed by atoms with Gasteiger partial charge >= 0.3 is 0 Å². The summed E-state index contributed by atoms with van der Waals surface area (Å²) < 4.78 is 26.4. The molecule has 0 aliphatic heterocycles. The van der Waals surface area contributed by atoms with Gasteiger partial charge in [-0.1, -0.05) is 30.3 Å². The lowest BCUT2D eigenvalue weighted by Crippen LogP contribution is -2.37. The van der Waals surface area contributed by atoms with Crippen LogP contribution in [0.1, 0.15) is 16.8 Å². The minimum atomic E-state index is -0.628. The van der Waals surface area contributed by atoms with Gasteiger partial charge in [0.1, 0.15) is 24.3 Å². The summed E-state index contributed by atoms with van der Waals surface area (Å²) in [5, 5.41) is 10.6. The molecule has 0 saturated carbocycles. The van der Waals surface area contributed by atoms with Gasteiger partial charge in [0.15, 0.2) is 0 Å². The van der Waals surface area contributed by atoms with Gasteiger partial charge in [0.25, 0.3) is 0 Å². The molecule has 0 radical (unpaired) electrons. The molecule has 31 heavy (non-hydrogen) atoms. The average Bonchev–Trinajstić information content (AvgIpc) is 3.19. The second-order valence-electron chi connectivity index (χ2n) is 7.71. The summed E-state index contributed by atoms with van der Waals surface area (Å²) in [7, 11) is 1.67. The number of benzene rings is 2. The number of nitrogens with zero attached hydrogens (tertiary/aromatic N) is 2. The summed E-state index contributed by atoms with van der Waals surface area (Å²) in [6.07, 6.45) is 1.39. The molecule has 0 aliphatic rings. The van der Waals surface area contributed by atoms with Crippen molar-refractivity contribution in [2.75, 3.05) is 33.4 Å². The van der Waals surface area contributed by atoms with Crippen LogP contribution in [0.5, 0.6) is 5.75 Å². The molecular weight excluding hydrogens is 395 g/mol. The number of aryl methyl sites for hydroxylation is 1. The highest BCUT2D eigenvalue weighted by Gasteiger charge is 2.15. The summed E-state index contributed by atoms with van der Waals surface area (Å²) in [5.41, 5.74) is 3.20. The maximum atomic E-state index is 13.2. The number of rotatable bonds is 12. The zero-order valence-corrected chi connectivity index (χ0v) is 18.2. The van der Waals surface area contributed by atoms with E-state index in [9.17, 15) is 9.50 Å². The van der Waals surface area contributed by atoms with E-state index in [4.69, 9.17) is 9.47 Å². The minimum Gasteiger partial charge on any atom is -0.491 e. The number of methoxy groups -OCH3 is 1. The second-order valence-corrected chi connectivity index (χ2v) is 7.71. The first-order valence-corrected chi connectivity index (χ1v) is 10.5. The van der Waals surface area contributed by atoms with Crippen molar-refractivity contribution in [1.29, 1.82) is 0 Å². The number of aliphatic hydroxyl groups excluding tert-OH is 1. The van der Waals surface area contributed by atoms with E-state index in [0.717, 1.165) is 22.6 Å². The maximum Gasteiger partial charge on any atom is 0.123 e. The highest BCUT2D eigenvalue weighted by molar-refractivity contribution is 5.31. The Hall–Kier alpha value is -2.67. The molecule has 166 valence electrons. The van der Waals surface area contributed by atoms with Crippen LogP contribution in [-0.4, -0.2) is 54.1 Å². The van der Waals surface area contributed by atoms with Crippen molar-refractivity contribution < 1.29 is 19.0 Å². The molecule has 6 heteroatoms. The van der Waals surface area contributed by atoms with Crippen molar-refractivity contribution >= 4 is 0 Å². The summed E-state index contributed by atoms with van der Waals surface area (Å²) in [6, 6.07) is 18.4. The monoisotopic (exact) mass is 426 g/mol. The molecule has 3 aromatic rings. The van der Waals surface area contributed by atoms with Gasteiger partial charge in [-0.05, 0) is 48.4 Å². The van der Waals surface area contributed by atoms with E-state index in [1.165, 1.54) is 12.1 Å². The predicted octanol–water partition coefficient (Wildman–Crippen LogP) is 3.87. The molecule has 1 atom stereocenters. The molecule has 1 heterocycles. The molecule has 0 bridgehead atoms. The van der Waals surface area contributed by atoms with E-state index in [0.29, 0.717) is 32.8 Å². The Balaban J connectivity index is 1.60. The average molecular weight is 427 g/mol. The number of para-hydroxylation sites is 1. The molecule has 2 aromatic carbocycles. The molecule has 1 N–H and O–H groups in total. The van der Waals surface area contributed by atoms with Crippen LogP contribution in [0.15, 0.2) is 66.9 Å². The van der Waals surface area contributed by atoms with Gasteiger partial charge in [0.05, 0.1) is 6.61 Å². The largest absolute Gasteiger partial charge is 0.491 e. The summed E-state index contributed by atoms with van der Waals surface area (Å²) in [5.74, 6) is 0.558. The molecule has 3 rings (SSSR count). The highest BCUT2D eigenvalue weighted by atomic mass is 19.1. The third-order valence-electron chi connectivity index (χ3n) is 5.18. The van der Waals surface area contributed by atoms with Gasteiger partial charge < -0.3 is 19.1 Å². The minimum absolute atomic E-state index is 0.227. The zero-order valence-electron chi connectivity index (χ0n) is 18.2. The van der Waals surface area contributed by atoms with Crippen molar-refractivity contribution in [2.24, 2.45) is 0 Å². The normalized spacial score (nSPS) is 12.3. The number of aliphatic hydroxyl groups is 1. The Morgan fingerprint density at radius 3 is 2.58 bits per heavy atom. The third-order valence-corrected chi connectivity index (χ3v) is 5.18. The number of halogens is 1. The lowest BCUT2D eigenvalue weighted by Gasteiger charge is -2.25. The molecule has 1 unspecified atom stereocenters. The Kier molecular flexibility index (Phi) is 8.64. The van der Waals surface area contributed by atoms with Crippen LogP contribution in [0, 0.1) is 12.7 Å². The molecule has 0 aliphatic carbocycles. The van der Waals surface area contributed by atoms with Crippen LogP contribution in [-0.2, 0) is 17.8 Å². The zero-order chi connectivity index (χ0) is 22.1. The second kappa shape index (κ2) is 11.6. The van der Waals surface area contributed by atoms with E-state index in [1.54, 1.807) is 19.2 Å². The van der Waals surface area contributed by atoms with Gasteiger partial charge in [-0.3, -0.25) is 4.90 Å². The van der Waals surface area contributed by atoms with Gasteiger partial charge in [-0.25, -0.2) is 4.39 Å². The lowest BCUT2D eigenvalue weighted by molar-refractivity contribution is 0.0532. The fraction of sp³-hybridized carbons (Fsp3) is 0.360. The van der Waals surface area contributed by atoms with Crippen molar-refractivity contribution in [3.05, 3.63) is 89.5 Å². The third kappa shape index (κ3) is 7.21. The predicted molar refractivity (Wildman–Crippen MR) is 120 cm³/mol. The van der Waals surface area contributed by atoms with Crippen molar-refractivity contribution in [2.45, 2.75) is 26.1 Å². The van der Waals surface area contributed by atoms with Crippen LogP contribution in [0.3, 0.4) is 0 Å². The fourth-order valence-electron chi connectivity index (χ4n) is 3.47. The maximum absolute atomic E-state index is 13.2. The number of hydrogen-bond donors (Lipinski definition) is 1. The summed E-state index contributed by atoms with van der Waals surface area (Å²) in [4.78, 5) is 2.16. The van der Waals surface area contributed by atoms with Crippen molar-refractivity contribution in [3.8, 4) is 5.75 Å². The molecule has 5 nitrogen and oxygen atoms in total. The van der Waals surface area contributed by atoms with Gasteiger partial charge in [-0.2, -0.15) is 0 Å². The fourth-order valence-corrected chi connectivity index (χ4v) is 3.47. The highest BCUT2D eigenvalue weighted by Crippen LogP contribution is 2.17. The first kappa shape index (κ1) is 23.0. The van der Waals surface area contributed by atoms with E-state index < -0.39 is 6.10 Å². The first-order chi connectivity index (χ1) is 15.0. The number of aromatic nitrogens is 1. The van der Waals surface area contributed by atoms with Gasteiger partial charge in [0.2, 0.25) is 0 Å². The number of ether oxygens (including phenoxy) is 2. The van der Waals surface area contributed by atoms with E-state index >= 15 is 0 Å². The van der Waals surface area contributed by atoms with Crippen LogP contribution in [0.25, 0.3) is 0 Å².